The van der Waals surface area contributed by atoms with Crippen molar-refractivity contribution in [1.29, 1.82) is 0 Å². The van der Waals surface area contributed by atoms with Crippen LogP contribution in [0.4, 0.5) is 0 Å². The molecule has 0 aliphatic carbocycles. The maximum Gasteiger partial charge on any atom is 0.256 e. The average molecular weight is 278 g/mol. The predicted molar refractivity (Wildman–Crippen MR) is 64.1 cm³/mol. The van der Waals surface area contributed by atoms with Crippen LogP contribution in [0.15, 0.2) is 23.1 Å². The SMILES string of the molecule is COc1c(C(=O)Cl)cccc1S(=O)(=O)N(C)C. The molecule has 0 unspecified atom stereocenters. The van der Waals surface area contributed by atoms with Crippen LogP contribution in [0.3, 0.4) is 0 Å². The lowest BCUT2D eigenvalue weighted by atomic mass is 10.2. The lowest BCUT2D eigenvalue weighted by Gasteiger charge is -2.15. The quantitative estimate of drug-likeness (QED) is 0.779. The van der Waals surface area contributed by atoms with Gasteiger partial charge < -0.3 is 4.74 Å². The number of hydrogen-bond donors (Lipinski definition) is 0. The summed E-state index contributed by atoms with van der Waals surface area (Å²) in [6.07, 6.45) is 0. The number of carbonyl (C=O) groups excluding carboxylic acids is 1. The molecule has 94 valence electrons. The molecule has 1 rings (SSSR count). The van der Waals surface area contributed by atoms with Crippen LogP contribution in [0, 0.1) is 0 Å². The van der Waals surface area contributed by atoms with Crippen molar-refractivity contribution in [3.63, 3.8) is 0 Å². The van der Waals surface area contributed by atoms with Crippen LogP contribution in [0.25, 0.3) is 0 Å². The third kappa shape index (κ3) is 2.59. The molecule has 0 aromatic heterocycles. The zero-order valence-corrected chi connectivity index (χ0v) is 11.2. The number of carbonyl (C=O) groups is 1. The maximum atomic E-state index is 12.0. The highest BCUT2D eigenvalue weighted by Gasteiger charge is 2.25. The molecule has 0 N–H and O–H groups in total. The van der Waals surface area contributed by atoms with Gasteiger partial charge in [0, 0.05) is 14.1 Å². The van der Waals surface area contributed by atoms with E-state index in [0.29, 0.717) is 0 Å². The fourth-order valence-corrected chi connectivity index (χ4v) is 2.50. The summed E-state index contributed by atoms with van der Waals surface area (Å²) < 4.78 is 30.0. The third-order valence-electron chi connectivity index (χ3n) is 2.15. The Morgan fingerprint density at radius 2 is 1.94 bits per heavy atom. The second-order valence-electron chi connectivity index (χ2n) is 3.40. The predicted octanol–water partition coefficient (Wildman–Crippen LogP) is 1.32. The van der Waals surface area contributed by atoms with E-state index >= 15 is 0 Å². The first-order chi connectivity index (χ1) is 7.82. The van der Waals surface area contributed by atoms with Gasteiger partial charge in [0.25, 0.3) is 5.24 Å². The first kappa shape index (κ1) is 14.0. The molecule has 17 heavy (non-hydrogen) atoms. The van der Waals surface area contributed by atoms with Crippen LogP contribution in [-0.2, 0) is 10.0 Å². The van der Waals surface area contributed by atoms with Gasteiger partial charge in [-0.05, 0) is 23.7 Å². The fraction of sp³-hybridized carbons (Fsp3) is 0.300. The largest absolute Gasteiger partial charge is 0.495 e. The van der Waals surface area contributed by atoms with Crippen LogP contribution in [-0.4, -0.2) is 39.2 Å². The lowest BCUT2D eigenvalue weighted by molar-refractivity contribution is 0.107. The highest BCUT2D eigenvalue weighted by atomic mass is 35.5. The molecule has 7 heteroatoms. The van der Waals surface area contributed by atoms with Gasteiger partial charge in [0.05, 0.1) is 12.7 Å². The van der Waals surface area contributed by atoms with E-state index < -0.39 is 15.3 Å². The van der Waals surface area contributed by atoms with Gasteiger partial charge in [0.2, 0.25) is 10.0 Å². The monoisotopic (exact) mass is 277 g/mol. The molecular formula is C10H12ClNO4S. The molecule has 0 amide bonds. The number of ether oxygens (including phenoxy) is 1. The van der Waals surface area contributed by atoms with E-state index in [9.17, 15) is 13.2 Å². The Morgan fingerprint density at radius 3 is 2.35 bits per heavy atom. The second kappa shape index (κ2) is 5.03. The van der Waals surface area contributed by atoms with Crippen molar-refractivity contribution >= 4 is 26.9 Å². The number of hydrogen-bond acceptors (Lipinski definition) is 4. The summed E-state index contributed by atoms with van der Waals surface area (Å²) in [6, 6.07) is 4.20. The summed E-state index contributed by atoms with van der Waals surface area (Å²) in [5, 5.41) is -0.766. The summed E-state index contributed by atoms with van der Waals surface area (Å²) >= 11 is 5.36. The van der Waals surface area contributed by atoms with Gasteiger partial charge in [-0.15, -0.1) is 0 Å². The third-order valence-corrected chi connectivity index (χ3v) is 4.20. The van der Waals surface area contributed by atoms with Gasteiger partial charge in [-0.2, -0.15) is 0 Å². The number of benzene rings is 1. The summed E-state index contributed by atoms with van der Waals surface area (Å²) in [5.41, 5.74) is 0.0251. The normalized spacial score (nSPS) is 11.6. The first-order valence-corrected chi connectivity index (χ1v) is 6.43. The van der Waals surface area contributed by atoms with Gasteiger partial charge in [-0.3, -0.25) is 4.79 Å². The van der Waals surface area contributed by atoms with Crippen LogP contribution in [0.2, 0.25) is 0 Å². The number of sulfonamides is 1. The molecule has 0 aliphatic rings. The van der Waals surface area contributed by atoms with Crippen molar-refractivity contribution in [2.24, 2.45) is 0 Å². The molecular weight excluding hydrogens is 266 g/mol. The summed E-state index contributed by atoms with van der Waals surface area (Å²) in [7, 11) is 0.393. The van der Waals surface area contributed by atoms with Crippen molar-refractivity contribution in [3.05, 3.63) is 23.8 Å². The molecule has 0 heterocycles. The standard InChI is InChI=1S/C10H12ClNO4S/c1-12(2)17(14,15)8-6-4-5-7(10(11)13)9(8)16-3/h4-6H,1-3H3. The zero-order chi connectivity index (χ0) is 13.2. The Labute approximate surface area is 105 Å². The second-order valence-corrected chi connectivity index (χ2v) is 5.86. The van der Waals surface area contributed by atoms with Gasteiger partial charge in [0.15, 0.2) is 5.75 Å². The molecule has 0 atom stereocenters. The lowest BCUT2D eigenvalue weighted by Crippen LogP contribution is -2.23. The van der Waals surface area contributed by atoms with Crippen molar-refractivity contribution in [3.8, 4) is 5.75 Å². The Morgan fingerprint density at radius 1 is 1.35 bits per heavy atom. The van der Waals surface area contributed by atoms with Crippen molar-refractivity contribution in [1.82, 2.24) is 4.31 Å². The number of nitrogens with zero attached hydrogens (tertiary/aromatic N) is 1. The molecule has 1 aromatic carbocycles. The minimum atomic E-state index is -3.68. The number of rotatable bonds is 4. The van der Waals surface area contributed by atoms with Crippen molar-refractivity contribution in [2.75, 3.05) is 21.2 Å². The van der Waals surface area contributed by atoms with Gasteiger partial charge in [-0.25, -0.2) is 12.7 Å². The Bertz CT molecular complexity index is 539. The van der Waals surface area contributed by atoms with Gasteiger partial charge >= 0.3 is 0 Å². The molecule has 0 aliphatic heterocycles. The highest BCUT2D eigenvalue weighted by molar-refractivity contribution is 7.89. The Kier molecular flexibility index (Phi) is 4.13. The van der Waals surface area contributed by atoms with E-state index in [1.54, 1.807) is 0 Å². The molecule has 0 saturated carbocycles. The smallest absolute Gasteiger partial charge is 0.256 e. The summed E-state index contributed by atoms with van der Waals surface area (Å²) in [6.45, 7) is 0. The average Bonchev–Trinajstić information content (AvgIpc) is 2.27. The molecule has 0 fully saturated rings. The molecule has 0 radical (unpaired) electrons. The van der Waals surface area contributed by atoms with Crippen molar-refractivity contribution < 1.29 is 17.9 Å². The van der Waals surface area contributed by atoms with E-state index in [4.69, 9.17) is 16.3 Å². The zero-order valence-electron chi connectivity index (χ0n) is 9.60. The molecule has 5 nitrogen and oxygen atoms in total. The Balaban J connectivity index is 3.56. The minimum absolute atomic E-state index is 0.0251. The topological polar surface area (TPSA) is 63.7 Å². The van der Waals surface area contributed by atoms with Gasteiger partial charge in [0.1, 0.15) is 4.90 Å². The van der Waals surface area contributed by atoms with Crippen LogP contribution in [0.5, 0.6) is 5.75 Å². The minimum Gasteiger partial charge on any atom is -0.495 e. The van der Waals surface area contributed by atoms with Gasteiger partial charge in [-0.1, -0.05) is 6.07 Å². The maximum absolute atomic E-state index is 12.0. The molecule has 0 saturated heterocycles. The summed E-state index contributed by atoms with van der Waals surface area (Å²) in [4.78, 5) is 11.1. The number of para-hydroxylation sites is 1. The van der Waals surface area contributed by atoms with Crippen LogP contribution >= 0.6 is 11.6 Å². The number of halogens is 1. The molecule has 0 spiro atoms. The fourth-order valence-electron chi connectivity index (χ4n) is 1.28. The molecule has 0 bridgehead atoms. The summed E-state index contributed by atoms with van der Waals surface area (Å²) in [5.74, 6) is -0.0406. The van der Waals surface area contributed by atoms with Crippen molar-refractivity contribution in [2.45, 2.75) is 4.90 Å². The van der Waals surface area contributed by atoms with E-state index in [0.717, 1.165) is 4.31 Å². The van der Waals surface area contributed by atoms with E-state index in [2.05, 4.69) is 0 Å². The molecule has 1 aromatic rings. The Hall–Kier alpha value is -1.11. The highest BCUT2D eigenvalue weighted by Crippen LogP contribution is 2.30. The van der Waals surface area contributed by atoms with E-state index in [-0.39, 0.29) is 16.2 Å². The first-order valence-electron chi connectivity index (χ1n) is 4.61. The number of methoxy groups -OCH3 is 1. The van der Waals surface area contributed by atoms with Crippen LogP contribution < -0.4 is 4.74 Å². The van der Waals surface area contributed by atoms with E-state index in [1.165, 1.54) is 39.4 Å². The van der Waals surface area contributed by atoms with E-state index in [1.807, 2.05) is 0 Å². The van der Waals surface area contributed by atoms with Crippen LogP contribution in [0.1, 0.15) is 10.4 Å².